The zero-order chi connectivity index (χ0) is 17.4. The Morgan fingerprint density at radius 2 is 2.24 bits per heavy atom. The quantitative estimate of drug-likeness (QED) is 0.826. The SMILES string of the molecule is Cc1cncc(O[C@H]2CCOC3(C2)CN(C(=O)c2cn(C)cn2)C3)n1. The van der Waals surface area contributed by atoms with Gasteiger partial charge in [-0.3, -0.25) is 9.78 Å². The smallest absolute Gasteiger partial charge is 0.274 e. The molecule has 0 radical (unpaired) electrons. The number of aryl methyl sites for hydroxylation is 2. The van der Waals surface area contributed by atoms with Crippen LogP contribution in [0.2, 0.25) is 0 Å². The van der Waals surface area contributed by atoms with E-state index in [1.54, 1.807) is 34.4 Å². The Morgan fingerprint density at radius 3 is 2.96 bits per heavy atom. The van der Waals surface area contributed by atoms with Gasteiger partial charge in [0.2, 0.25) is 5.88 Å². The van der Waals surface area contributed by atoms with Crippen LogP contribution < -0.4 is 4.74 Å². The van der Waals surface area contributed by atoms with Gasteiger partial charge in [-0.25, -0.2) is 9.97 Å². The highest BCUT2D eigenvalue weighted by Gasteiger charge is 2.50. The summed E-state index contributed by atoms with van der Waals surface area (Å²) in [5, 5.41) is 0. The molecule has 2 fully saturated rings. The number of hydrogen-bond donors (Lipinski definition) is 0. The van der Waals surface area contributed by atoms with Gasteiger partial charge >= 0.3 is 0 Å². The molecular formula is C17H21N5O3. The Morgan fingerprint density at radius 1 is 1.40 bits per heavy atom. The maximum atomic E-state index is 12.4. The first-order chi connectivity index (χ1) is 12.0. The fraction of sp³-hybridized carbons (Fsp3) is 0.529. The molecule has 4 heterocycles. The summed E-state index contributed by atoms with van der Waals surface area (Å²) >= 11 is 0. The van der Waals surface area contributed by atoms with Crippen molar-refractivity contribution in [3.8, 4) is 5.88 Å². The molecule has 132 valence electrons. The first-order valence-corrected chi connectivity index (χ1v) is 8.40. The maximum Gasteiger partial charge on any atom is 0.274 e. The van der Waals surface area contributed by atoms with E-state index in [1.165, 1.54) is 0 Å². The van der Waals surface area contributed by atoms with E-state index in [-0.39, 0.29) is 17.6 Å². The van der Waals surface area contributed by atoms with Gasteiger partial charge in [0.05, 0.1) is 37.9 Å². The highest BCUT2D eigenvalue weighted by Crippen LogP contribution is 2.36. The number of carbonyl (C=O) groups is 1. The molecule has 1 spiro atoms. The van der Waals surface area contributed by atoms with E-state index in [2.05, 4.69) is 15.0 Å². The van der Waals surface area contributed by atoms with Crippen molar-refractivity contribution in [2.75, 3.05) is 19.7 Å². The maximum absolute atomic E-state index is 12.4. The number of carbonyl (C=O) groups excluding carboxylic acids is 1. The van der Waals surface area contributed by atoms with Gasteiger partial charge in [0.15, 0.2) is 0 Å². The van der Waals surface area contributed by atoms with Crippen molar-refractivity contribution in [3.63, 3.8) is 0 Å². The molecule has 8 heteroatoms. The van der Waals surface area contributed by atoms with Gasteiger partial charge in [0.25, 0.3) is 5.91 Å². The van der Waals surface area contributed by atoms with E-state index in [9.17, 15) is 4.79 Å². The molecule has 1 amide bonds. The average Bonchev–Trinajstić information content (AvgIpc) is 2.99. The monoisotopic (exact) mass is 343 g/mol. The van der Waals surface area contributed by atoms with Gasteiger partial charge in [-0.2, -0.15) is 0 Å². The number of aromatic nitrogens is 4. The molecule has 25 heavy (non-hydrogen) atoms. The third-order valence-electron chi connectivity index (χ3n) is 4.64. The van der Waals surface area contributed by atoms with Crippen molar-refractivity contribution < 1.29 is 14.3 Å². The first kappa shape index (κ1) is 16.0. The summed E-state index contributed by atoms with van der Waals surface area (Å²) in [6.45, 7) is 3.65. The van der Waals surface area contributed by atoms with E-state index < -0.39 is 0 Å². The van der Waals surface area contributed by atoms with E-state index in [1.807, 2.05) is 14.0 Å². The standard InChI is InChI=1S/C17H21N5O3/c1-12-6-18-7-15(20-12)25-13-3-4-24-17(5-13)9-22(10-17)16(23)14-8-21(2)11-19-14/h6-8,11,13H,3-5,9-10H2,1-2H3/t13-/m0/s1. The fourth-order valence-corrected chi connectivity index (χ4v) is 3.45. The lowest BCUT2D eigenvalue weighted by atomic mass is 9.84. The van der Waals surface area contributed by atoms with Crippen LogP contribution in [0.4, 0.5) is 0 Å². The number of imidazole rings is 1. The highest BCUT2D eigenvalue weighted by molar-refractivity contribution is 5.92. The second-order valence-electron chi connectivity index (χ2n) is 6.85. The van der Waals surface area contributed by atoms with Crippen LogP contribution in [-0.4, -0.2) is 61.7 Å². The van der Waals surface area contributed by atoms with Gasteiger partial charge in [-0.05, 0) is 6.92 Å². The number of hydrogen-bond acceptors (Lipinski definition) is 6. The molecule has 0 aromatic carbocycles. The number of amides is 1. The van der Waals surface area contributed by atoms with E-state index in [0.29, 0.717) is 31.3 Å². The number of rotatable bonds is 3. The first-order valence-electron chi connectivity index (χ1n) is 8.40. The molecule has 8 nitrogen and oxygen atoms in total. The predicted molar refractivity (Wildman–Crippen MR) is 88.2 cm³/mol. The molecule has 0 bridgehead atoms. The Hall–Kier alpha value is -2.48. The minimum absolute atomic E-state index is 0.0250. The molecule has 2 aromatic rings. The minimum Gasteiger partial charge on any atom is -0.473 e. The van der Waals surface area contributed by atoms with Gasteiger partial charge in [-0.15, -0.1) is 0 Å². The summed E-state index contributed by atoms with van der Waals surface area (Å²) in [4.78, 5) is 26.8. The predicted octanol–water partition coefficient (Wildman–Crippen LogP) is 0.971. The van der Waals surface area contributed by atoms with Crippen LogP contribution in [0.25, 0.3) is 0 Å². The van der Waals surface area contributed by atoms with Crippen LogP contribution in [0.15, 0.2) is 24.9 Å². The second-order valence-corrected chi connectivity index (χ2v) is 6.85. The van der Waals surface area contributed by atoms with Crippen LogP contribution in [0, 0.1) is 6.92 Å². The average molecular weight is 343 g/mol. The normalized spacial score (nSPS) is 21.8. The molecule has 4 rings (SSSR count). The molecule has 2 aliphatic rings. The summed E-state index contributed by atoms with van der Waals surface area (Å²) in [5.41, 5.74) is 0.982. The fourth-order valence-electron chi connectivity index (χ4n) is 3.45. The summed E-state index contributed by atoms with van der Waals surface area (Å²) in [6.07, 6.45) is 8.28. The van der Waals surface area contributed by atoms with Gasteiger partial charge < -0.3 is 18.9 Å². The van der Waals surface area contributed by atoms with Crippen LogP contribution >= 0.6 is 0 Å². The Kier molecular flexibility index (Phi) is 3.91. The minimum atomic E-state index is -0.315. The van der Waals surface area contributed by atoms with Crippen molar-refractivity contribution in [1.82, 2.24) is 24.4 Å². The highest BCUT2D eigenvalue weighted by atomic mass is 16.5. The molecule has 1 atom stereocenters. The topological polar surface area (TPSA) is 82.4 Å². The lowest BCUT2D eigenvalue weighted by Crippen LogP contribution is -2.67. The Balaban J connectivity index is 1.37. The van der Waals surface area contributed by atoms with E-state index in [4.69, 9.17) is 9.47 Å². The molecule has 2 saturated heterocycles. The van der Waals surface area contributed by atoms with E-state index in [0.717, 1.165) is 18.5 Å². The molecule has 0 N–H and O–H groups in total. The summed E-state index contributed by atoms with van der Waals surface area (Å²) in [6, 6.07) is 0. The molecule has 0 aliphatic carbocycles. The van der Waals surface area contributed by atoms with Gasteiger partial charge in [-0.1, -0.05) is 0 Å². The Labute approximate surface area is 145 Å². The van der Waals surface area contributed by atoms with Crippen LogP contribution in [0.3, 0.4) is 0 Å². The number of likely N-dealkylation sites (tertiary alicyclic amines) is 1. The van der Waals surface area contributed by atoms with Crippen molar-refractivity contribution >= 4 is 5.91 Å². The lowest BCUT2D eigenvalue weighted by Gasteiger charge is -2.52. The number of ether oxygens (including phenoxy) is 2. The van der Waals surface area contributed by atoms with Gasteiger partial charge in [0, 0.05) is 32.3 Å². The molecular weight excluding hydrogens is 322 g/mol. The molecule has 2 aliphatic heterocycles. The van der Waals surface area contributed by atoms with Gasteiger partial charge in [0.1, 0.15) is 17.4 Å². The number of nitrogens with zero attached hydrogens (tertiary/aromatic N) is 5. The van der Waals surface area contributed by atoms with Crippen molar-refractivity contribution in [2.45, 2.75) is 31.5 Å². The second kappa shape index (κ2) is 6.11. The molecule has 2 aromatic heterocycles. The van der Waals surface area contributed by atoms with Crippen LogP contribution in [0.5, 0.6) is 5.88 Å². The third-order valence-corrected chi connectivity index (χ3v) is 4.64. The van der Waals surface area contributed by atoms with E-state index >= 15 is 0 Å². The van der Waals surface area contributed by atoms with Crippen molar-refractivity contribution in [3.05, 3.63) is 36.3 Å². The zero-order valence-electron chi connectivity index (χ0n) is 14.4. The molecule has 0 unspecified atom stereocenters. The lowest BCUT2D eigenvalue weighted by molar-refractivity contribution is -0.174. The summed E-state index contributed by atoms with van der Waals surface area (Å²) < 4.78 is 13.7. The Bertz CT molecular complexity index is 784. The van der Waals surface area contributed by atoms with Crippen LogP contribution in [0.1, 0.15) is 29.0 Å². The summed E-state index contributed by atoms with van der Waals surface area (Å²) in [7, 11) is 1.85. The molecule has 0 saturated carbocycles. The zero-order valence-corrected chi connectivity index (χ0v) is 14.4. The third kappa shape index (κ3) is 3.21. The summed E-state index contributed by atoms with van der Waals surface area (Å²) in [5.74, 6) is 0.491. The van der Waals surface area contributed by atoms with Crippen LogP contribution in [-0.2, 0) is 11.8 Å². The van der Waals surface area contributed by atoms with Crippen molar-refractivity contribution in [2.24, 2.45) is 7.05 Å². The largest absolute Gasteiger partial charge is 0.473 e. The van der Waals surface area contributed by atoms with Crippen molar-refractivity contribution in [1.29, 1.82) is 0 Å².